The van der Waals surface area contributed by atoms with Gasteiger partial charge in [0.1, 0.15) is 5.82 Å². The third-order valence-electron chi connectivity index (χ3n) is 5.53. The minimum Gasteiger partial charge on any atom is -0.347 e. The molecule has 29 heavy (non-hydrogen) atoms. The van der Waals surface area contributed by atoms with Crippen molar-refractivity contribution in [2.45, 2.75) is 57.9 Å². The van der Waals surface area contributed by atoms with Crippen LogP contribution in [0.5, 0.6) is 0 Å². The van der Waals surface area contributed by atoms with Crippen LogP contribution in [0.2, 0.25) is 0 Å². The Morgan fingerprint density at radius 1 is 0.931 bits per heavy atom. The van der Waals surface area contributed by atoms with E-state index in [2.05, 4.69) is 39.7 Å². The monoisotopic (exact) mass is 388 g/mol. The third kappa shape index (κ3) is 4.91. The number of nitrogens with one attached hydrogen (secondary N) is 2. The van der Waals surface area contributed by atoms with Crippen LogP contribution in [-0.4, -0.2) is 21.9 Å². The van der Waals surface area contributed by atoms with E-state index in [9.17, 15) is 4.79 Å². The molecule has 2 aromatic carbocycles. The van der Waals surface area contributed by atoms with Gasteiger partial charge in [0.2, 0.25) is 5.82 Å². The van der Waals surface area contributed by atoms with E-state index in [1.807, 2.05) is 36.4 Å². The molecule has 0 saturated heterocycles. The zero-order valence-corrected chi connectivity index (χ0v) is 16.9. The summed E-state index contributed by atoms with van der Waals surface area (Å²) in [4.78, 5) is 22.1. The minimum atomic E-state index is -0.186. The number of aryl methyl sites for hydroxylation is 1. The molecular weight excluding hydrogens is 360 g/mol. The lowest BCUT2D eigenvalue weighted by atomic mass is 9.97. The molecule has 4 rings (SSSR count). The summed E-state index contributed by atoms with van der Waals surface area (Å²) in [6, 6.07) is 16.1. The lowest BCUT2D eigenvalue weighted by Gasteiger charge is -2.21. The number of rotatable bonds is 4. The van der Waals surface area contributed by atoms with Gasteiger partial charge in [0.15, 0.2) is 0 Å². The average molecular weight is 389 g/mol. The maximum absolute atomic E-state index is 12.9. The zero-order valence-electron chi connectivity index (χ0n) is 16.9. The number of aromatic nitrogens is 2. The average Bonchev–Trinajstić information content (AvgIpc) is 2.70. The Bertz CT molecular complexity index is 993. The topological polar surface area (TPSA) is 66.9 Å². The Hall–Kier alpha value is -2.95. The number of carbonyl (C=O) groups excluding carboxylic acids is 1. The highest BCUT2D eigenvalue weighted by molar-refractivity contribution is 5.97. The van der Waals surface area contributed by atoms with Crippen molar-refractivity contribution in [2.75, 3.05) is 5.32 Å². The van der Waals surface area contributed by atoms with Crippen molar-refractivity contribution in [1.29, 1.82) is 0 Å². The third-order valence-corrected chi connectivity index (χ3v) is 5.53. The van der Waals surface area contributed by atoms with Crippen LogP contribution in [-0.2, 0) is 0 Å². The van der Waals surface area contributed by atoms with Crippen LogP contribution < -0.4 is 10.6 Å². The second-order valence-electron chi connectivity index (χ2n) is 7.92. The van der Waals surface area contributed by atoms with E-state index in [0.717, 1.165) is 35.0 Å². The van der Waals surface area contributed by atoms with Gasteiger partial charge >= 0.3 is 0 Å². The number of nitrogens with zero attached hydrogens (tertiary/aromatic N) is 2. The molecule has 5 heteroatoms. The molecule has 1 amide bonds. The predicted octanol–water partition coefficient (Wildman–Crippen LogP) is 5.52. The second kappa shape index (κ2) is 9.03. The Morgan fingerprint density at radius 3 is 2.48 bits per heavy atom. The van der Waals surface area contributed by atoms with E-state index in [1.165, 1.54) is 32.1 Å². The van der Waals surface area contributed by atoms with Gasteiger partial charge < -0.3 is 10.6 Å². The number of fused-ring (bicyclic) bond motifs is 1. The van der Waals surface area contributed by atoms with Gasteiger partial charge in [0.05, 0.1) is 5.52 Å². The minimum absolute atomic E-state index is 0.186. The highest BCUT2D eigenvalue weighted by Crippen LogP contribution is 2.24. The number of hydrogen-bond acceptors (Lipinski definition) is 4. The van der Waals surface area contributed by atoms with E-state index >= 15 is 0 Å². The molecule has 0 spiro atoms. The molecule has 0 bridgehead atoms. The van der Waals surface area contributed by atoms with Crippen molar-refractivity contribution in [2.24, 2.45) is 0 Å². The van der Waals surface area contributed by atoms with Gasteiger partial charge in [-0.3, -0.25) is 4.79 Å². The van der Waals surface area contributed by atoms with Crippen molar-refractivity contribution in [3.63, 3.8) is 0 Å². The SMILES string of the molecule is Cc1cccc(Nc2nc(C(=O)NC3CCCCCCC3)nc3ccccc23)c1. The van der Waals surface area contributed by atoms with Crippen LogP contribution in [0.25, 0.3) is 10.9 Å². The van der Waals surface area contributed by atoms with Gasteiger partial charge in [-0.25, -0.2) is 9.97 Å². The quantitative estimate of drug-likeness (QED) is 0.617. The molecule has 2 N–H and O–H groups in total. The van der Waals surface area contributed by atoms with Crippen molar-refractivity contribution in [3.05, 3.63) is 59.9 Å². The largest absolute Gasteiger partial charge is 0.347 e. The number of carbonyl (C=O) groups is 1. The molecule has 0 unspecified atom stereocenters. The lowest BCUT2D eigenvalue weighted by molar-refractivity contribution is 0.0920. The first kappa shape index (κ1) is 19.4. The van der Waals surface area contributed by atoms with Gasteiger partial charge in [-0.2, -0.15) is 0 Å². The first-order chi connectivity index (χ1) is 14.2. The molecule has 1 saturated carbocycles. The molecule has 1 aromatic heterocycles. The summed E-state index contributed by atoms with van der Waals surface area (Å²) >= 11 is 0. The molecular formula is C24H28N4O. The molecule has 0 atom stereocenters. The molecule has 1 heterocycles. The summed E-state index contributed by atoms with van der Waals surface area (Å²) in [5, 5.41) is 7.45. The van der Waals surface area contributed by atoms with Gasteiger partial charge in [0, 0.05) is 17.1 Å². The van der Waals surface area contributed by atoms with Crippen LogP contribution in [0.4, 0.5) is 11.5 Å². The van der Waals surface area contributed by atoms with Crippen LogP contribution >= 0.6 is 0 Å². The normalized spacial score (nSPS) is 15.5. The zero-order chi connectivity index (χ0) is 20.1. The Balaban J connectivity index is 1.61. The standard InChI is InChI=1S/C24H28N4O/c1-17-10-9-13-19(16-17)25-22-20-14-7-8-15-21(20)27-23(28-22)24(29)26-18-11-5-3-2-4-6-12-18/h7-10,13-16,18H,2-6,11-12H2,1H3,(H,26,29)(H,25,27,28). The highest BCUT2D eigenvalue weighted by atomic mass is 16.2. The maximum Gasteiger partial charge on any atom is 0.289 e. The summed E-state index contributed by atoms with van der Waals surface area (Å²) in [6.07, 6.45) is 8.23. The fourth-order valence-electron chi connectivity index (χ4n) is 3.98. The molecule has 3 aromatic rings. The molecule has 1 aliphatic rings. The van der Waals surface area contributed by atoms with Crippen molar-refractivity contribution in [1.82, 2.24) is 15.3 Å². The summed E-state index contributed by atoms with van der Waals surface area (Å²) in [7, 11) is 0. The first-order valence-electron chi connectivity index (χ1n) is 10.6. The Kier molecular flexibility index (Phi) is 6.03. The Morgan fingerprint density at radius 2 is 1.69 bits per heavy atom. The van der Waals surface area contributed by atoms with E-state index in [0.29, 0.717) is 5.82 Å². The van der Waals surface area contributed by atoms with Crippen LogP contribution in [0, 0.1) is 6.92 Å². The second-order valence-corrected chi connectivity index (χ2v) is 7.92. The van der Waals surface area contributed by atoms with Gasteiger partial charge in [-0.05, 0) is 49.6 Å². The van der Waals surface area contributed by atoms with Gasteiger partial charge in [0.25, 0.3) is 5.91 Å². The van der Waals surface area contributed by atoms with Crippen LogP contribution in [0.1, 0.15) is 61.1 Å². The van der Waals surface area contributed by atoms with E-state index in [4.69, 9.17) is 0 Å². The summed E-state index contributed by atoms with van der Waals surface area (Å²) in [5.74, 6) is 0.693. The summed E-state index contributed by atoms with van der Waals surface area (Å²) in [5.41, 5.74) is 2.87. The summed E-state index contributed by atoms with van der Waals surface area (Å²) in [6.45, 7) is 2.05. The fourth-order valence-corrected chi connectivity index (χ4v) is 3.98. The van der Waals surface area contributed by atoms with E-state index in [-0.39, 0.29) is 17.8 Å². The lowest BCUT2D eigenvalue weighted by Crippen LogP contribution is -2.36. The Labute approximate surface area is 172 Å². The molecule has 1 aliphatic carbocycles. The number of anilines is 2. The van der Waals surface area contributed by atoms with Gasteiger partial charge in [-0.1, -0.05) is 56.4 Å². The molecule has 5 nitrogen and oxygen atoms in total. The molecule has 0 radical (unpaired) electrons. The summed E-state index contributed by atoms with van der Waals surface area (Å²) < 4.78 is 0. The van der Waals surface area contributed by atoms with Crippen LogP contribution in [0.15, 0.2) is 48.5 Å². The molecule has 0 aliphatic heterocycles. The number of para-hydroxylation sites is 1. The fraction of sp³-hybridized carbons (Fsp3) is 0.375. The van der Waals surface area contributed by atoms with Gasteiger partial charge in [-0.15, -0.1) is 0 Å². The number of amides is 1. The van der Waals surface area contributed by atoms with Crippen LogP contribution in [0.3, 0.4) is 0 Å². The predicted molar refractivity (Wildman–Crippen MR) is 118 cm³/mol. The van der Waals surface area contributed by atoms with E-state index in [1.54, 1.807) is 0 Å². The first-order valence-corrected chi connectivity index (χ1v) is 10.6. The van der Waals surface area contributed by atoms with E-state index < -0.39 is 0 Å². The molecule has 150 valence electrons. The number of benzene rings is 2. The highest BCUT2D eigenvalue weighted by Gasteiger charge is 2.19. The number of hydrogen-bond donors (Lipinski definition) is 2. The van der Waals surface area contributed by atoms with Crippen molar-refractivity contribution >= 4 is 28.3 Å². The maximum atomic E-state index is 12.9. The molecule has 1 fully saturated rings. The smallest absolute Gasteiger partial charge is 0.289 e. The van der Waals surface area contributed by atoms with Crippen molar-refractivity contribution < 1.29 is 4.79 Å². The van der Waals surface area contributed by atoms with Crippen molar-refractivity contribution in [3.8, 4) is 0 Å².